The maximum absolute atomic E-state index is 13.6. The lowest BCUT2D eigenvalue weighted by molar-refractivity contribution is -0.117. The molecule has 6 heteroatoms. The van der Waals surface area contributed by atoms with Gasteiger partial charge in [-0.2, -0.15) is 0 Å². The lowest BCUT2D eigenvalue weighted by Gasteiger charge is -2.43. The van der Waals surface area contributed by atoms with Gasteiger partial charge < -0.3 is 4.18 Å². The zero-order valence-corrected chi connectivity index (χ0v) is 20.9. The fourth-order valence-corrected chi connectivity index (χ4v) is 6.09. The third-order valence-electron chi connectivity index (χ3n) is 6.20. The van der Waals surface area contributed by atoms with E-state index in [2.05, 4.69) is 23.1 Å². The minimum atomic E-state index is -1.43. The van der Waals surface area contributed by atoms with Crippen LogP contribution in [0.5, 0.6) is 0 Å². The lowest BCUT2D eigenvalue weighted by Crippen LogP contribution is -2.41. The number of carbonyl (C=O) groups excluding carboxylic acids is 1. The first-order valence-electron chi connectivity index (χ1n) is 11.1. The van der Waals surface area contributed by atoms with Crippen molar-refractivity contribution in [1.29, 1.82) is 0 Å². The van der Waals surface area contributed by atoms with Crippen molar-refractivity contribution in [1.82, 2.24) is 4.31 Å². The summed E-state index contributed by atoms with van der Waals surface area (Å²) < 4.78 is 20.8. The van der Waals surface area contributed by atoms with Crippen LogP contribution in [0.15, 0.2) is 17.9 Å². The van der Waals surface area contributed by atoms with Gasteiger partial charge in [0, 0.05) is 37.2 Å². The van der Waals surface area contributed by atoms with Gasteiger partial charge in [-0.25, -0.2) is 4.21 Å². The zero-order chi connectivity index (χ0) is 22.6. The number of rotatable bonds is 6. The number of hydrogen-bond donors (Lipinski definition) is 0. The van der Waals surface area contributed by atoms with Crippen molar-refractivity contribution in [3.8, 4) is 11.8 Å². The van der Waals surface area contributed by atoms with E-state index in [1.165, 1.54) is 0 Å². The third kappa shape index (κ3) is 5.45. The van der Waals surface area contributed by atoms with Crippen molar-refractivity contribution in [3.63, 3.8) is 0 Å². The van der Waals surface area contributed by atoms with E-state index in [9.17, 15) is 9.00 Å². The maximum atomic E-state index is 13.6. The zero-order valence-electron chi connectivity index (χ0n) is 19.3. The summed E-state index contributed by atoms with van der Waals surface area (Å²) >= 11 is 0.435. The monoisotopic (exact) mass is 459 g/mol. The van der Waals surface area contributed by atoms with Gasteiger partial charge in [0.1, 0.15) is 5.76 Å². The Morgan fingerprint density at radius 3 is 2.35 bits per heavy atom. The highest BCUT2D eigenvalue weighted by molar-refractivity contribution is 7.96. The molecule has 0 amide bonds. The standard InChI is InChI=1S/C25H33NO3S2/c1-6-9-20-14-18(4)23(19(5)15-20)24-21(27)16-25(17-22(24)29-31(28)8-3)10-12-26(13-11-25)30-7-2/h14-15H,7-8,10-13,16-17H2,1-5H3. The average Bonchev–Trinajstić information content (AvgIpc) is 2.71. The second kappa shape index (κ2) is 10.4. The number of carbonyl (C=O) groups is 1. The van der Waals surface area contributed by atoms with Gasteiger partial charge in [0.2, 0.25) is 11.1 Å². The van der Waals surface area contributed by atoms with Crippen LogP contribution in [0, 0.1) is 31.1 Å². The molecule has 0 saturated carbocycles. The summed E-state index contributed by atoms with van der Waals surface area (Å²) in [7, 11) is 0. The second-order valence-electron chi connectivity index (χ2n) is 8.46. The second-order valence-corrected chi connectivity index (χ2v) is 11.2. The molecule has 0 bridgehead atoms. The van der Waals surface area contributed by atoms with Crippen molar-refractivity contribution < 1.29 is 13.2 Å². The van der Waals surface area contributed by atoms with Gasteiger partial charge in [-0.3, -0.25) is 9.10 Å². The molecule has 31 heavy (non-hydrogen) atoms. The van der Waals surface area contributed by atoms with Crippen LogP contribution in [0.4, 0.5) is 0 Å². The Labute approximate surface area is 194 Å². The Hall–Kier alpha value is -1.55. The largest absolute Gasteiger partial charge is 0.404 e. The number of aryl methyl sites for hydroxylation is 2. The number of nitrogens with zero attached hydrogens (tertiary/aromatic N) is 1. The molecule has 2 aliphatic rings. The minimum Gasteiger partial charge on any atom is -0.404 e. The number of ketones is 1. The predicted molar refractivity (Wildman–Crippen MR) is 131 cm³/mol. The molecule has 0 radical (unpaired) electrons. The molecule has 1 fully saturated rings. The Morgan fingerprint density at radius 2 is 1.81 bits per heavy atom. The first-order valence-corrected chi connectivity index (χ1v) is 13.3. The van der Waals surface area contributed by atoms with Gasteiger partial charge in [0.25, 0.3) is 0 Å². The summed E-state index contributed by atoms with van der Waals surface area (Å²) in [6, 6.07) is 4.05. The first kappa shape index (κ1) is 24.1. The quantitative estimate of drug-likeness (QED) is 0.432. The maximum Gasteiger partial charge on any atom is 0.205 e. The number of allylic oxidation sites excluding steroid dienone is 2. The highest BCUT2D eigenvalue weighted by atomic mass is 32.2. The van der Waals surface area contributed by atoms with Crippen molar-refractivity contribution in [2.24, 2.45) is 5.41 Å². The van der Waals surface area contributed by atoms with Gasteiger partial charge in [0.05, 0.1) is 11.3 Å². The Morgan fingerprint density at radius 1 is 1.16 bits per heavy atom. The van der Waals surface area contributed by atoms with E-state index < -0.39 is 11.1 Å². The van der Waals surface area contributed by atoms with E-state index >= 15 is 0 Å². The molecule has 1 spiro atoms. The average molecular weight is 460 g/mol. The Balaban J connectivity index is 2.03. The molecule has 3 rings (SSSR count). The summed E-state index contributed by atoms with van der Waals surface area (Å²) in [4.78, 5) is 13.6. The number of benzene rings is 1. The van der Waals surface area contributed by atoms with E-state index in [1.807, 2.05) is 51.8 Å². The summed E-state index contributed by atoms with van der Waals surface area (Å²) in [5, 5.41) is 0. The molecule has 0 N–H and O–H groups in total. The highest BCUT2D eigenvalue weighted by Crippen LogP contribution is 2.49. The fraction of sp³-hybridized carbons (Fsp3) is 0.560. The van der Waals surface area contributed by atoms with Crippen molar-refractivity contribution in [3.05, 3.63) is 40.1 Å². The van der Waals surface area contributed by atoms with Crippen molar-refractivity contribution in [2.75, 3.05) is 24.6 Å². The summed E-state index contributed by atoms with van der Waals surface area (Å²) in [6.07, 6.45) is 3.15. The molecule has 4 nitrogen and oxygen atoms in total. The van der Waals surface area contributed by atoms with Gasteiger partial charge in [-0.1, -0.05) is 31.7 Å². The number of hydrogen-bond acceptors (Lipinski definition) is 5. The van der Waals surface area contributed by atoms with Crippen molar-refractivity contribution in [2.45, 2.75) is 60.3 Å². The van der Waals surface area contributed by atoms with E-state index in [-0.39, 0.29) is 11.2 Å². The van der Waals surface area contributed by atoms with E-state index in [1.54, 1.807) is 0 Å². The smallest absolute Gasteiger partial charge is 0.205 e. The summed E-state index contributed by atoms with van der Waals surface area (Å²) in [6.45, 7) is 11.8. The molecule has 1 heterocycles. The molecule has 0 aromatic heterocycles. The predicted octanol–water partition coefficient (Wildman–Crippen LogP) is 5.20. The number of piperidine rings is 1. The van der Waals surface area contributed by atoms with Crippen molar-refractivity contribution >= 4 is 34.4 Å². The SMILES string of the molecule is CC#Cc1cc(C)c(C2=C(OS(=O)CC)CC3(CCN(SCC)CC3)CC2=O)c(C)c1. The molecule has 1 saturated heterocycles. The van der Waals surface area contributed by atoms with Crippen LogP contribution in [0.25, 0.3) is 5.57 Å². The Bertz CT molecular complexity index is 940. The fourth-order valence-electron chi connectivity index (χ4n) is 4.80. The van der Waals surface area contributed by atoms with E-state index in [4.69, 9.17) is 4.18 Å². The van der Waals surface area contributed by atoms with Gasteiger partial charge in [-0.05, 0) is 67.9 Å². The molecule has 1 atom stereocenters. The van der Waals surface area contributed by atoms with Crippen LogP contribution in [0.1, 0.15) is 68.7 Å². The van der Waals surface area contributed by atoms with Crippen LogP contribution in [-0.2, 0) is 20.1 Å². The molecule has 1 unspecified atom stereocenters. The summed E-state index contributed by atoms with van der Waals surface area (Å²) in [5.74, 6) is 8.25. The number of Topliss-reactive ketones (excluding diaryl/α,β-unsaturated/α-hetero) is 1. The molecule has 1 aliphatic carbocycles. The van der Waals surface area contributed by atoms with E-state index in [0.29, 0.717) is 29.9 Å². The van der Waals surface area contributed by atoms with Gasteiger partial charge >= 0.3 is 0 Å². The highest BCUT2D eigenvalue weighted by Gasteiger charge is 2.44. The Kier molecular flexibility index (Phi) is 8.07. The summed E-state index contributed by atoms with van der Waals surface area (Å²) in [5.41, 5.74) is 4.42. The molecular formula is C25H33NO3S2. The van der Waals surface area contributed by atoms with Gasteiger partial charge in [-0.15, -0.1) is 5.92 Å². The van der Waals surface area contributed by atoms with Crippen LogP contribution in [0.3, 0.4) is 0 Å². The topological polar surface area (TPSA) is 46.6 Å². The lowest BCUT2D eigenvalue weighted by atomic mass is 9.67. The van der Waals surface area contributed by atoms with Crippen LogP contribution in [0.2, 0.25) is 0 Å². The van der Waals surface area contributed by atoms with Crippen LogP contribution in [-0.4, -0.2) is 38.9 Å². The first-order chi connectivity index (χ1) is 14.8. The van der Waals surface area contributed by atoms with Crippen LogP contribution < -0.4 is 0 Å². The molecule has 1 aromatic rings. The minimum absolute atomic E-state index is 0.0892. The molecule has 168 valence electrons. The third-order valence-corrected chi connectivity index (χ3v) is 8.05. The van der Waals surface area contributed by atoms with Crippen LogP contribution >= 0.6 is 11.9 Å². The molecule has 1 aliphatic heterocycles. The van der Waals surface area contributed by atoms with Gasteiger partial charge in [0.15, 0.2) is 5.78 Å². The normalized spacial score (nSPS) is 19.8. The molecule has 1 aromatic carbocycles. The molecular weight excluding hydrogens is 426 g/mol. The van der Waals surface area contributed by atoms with E-state index in [0.717, 1.165) is 53.9 Å².